The first-order valence-electron chi connectivity index (χ1n) is 11.0. The minimum atomic E-state index is -0.645. The number of halogens is 1. The minimum Gasteiger partial charge on any atom is -0.508 e. The van der Waals surface area contributed by atoms with Gasteiger partial charge in [-0.1, -0.05) is 63.1 Å². The monoisotopic (exact) mass is 462 g/mol. The molecule has 2 aromatic rings. The molecule has 32 heavy (non-hydrogen) atoms. The molecule has 0 spiro atoms. The molecule has 1 atom stereocenters. The van der Waals surface area contributed by atoms with Gasteiger partial charge in [0.15, 0.2) is 0 Å². The van der Waals surface area contributed by atoms with Crippen LogP contribution >= 0.6 is 11.6 Å². The highest BCUT2D eigenvalue weighted by molar-refractivity contribution is 6.25. The van der Waals surface area contributed by atoms with E-state index in [1.807, 2.05) is 43.3 Å². The average molecular weight is 463 g/mol. The highest BCUT2D eigenvalue weighted by Crippen LogP contribution is 2.34. The molecule has 0 aliphatic carbocycles. The molecule has 0 heterocycles. The molecule has 2 rings (SSSR count). The summed E-state index contributed by atoms with van der Waals surface area (Å²) in [5.74, 6) is 1.40. The van der Waals surface area contributed by atoms with Gasteiger partial charge in [-0.25, -0.2) is 0 Å². The Balaban J connectivity index is 1.98. The van der Waals surface area contributed by atoms with E-state index in [-0.39, 0.29) is 31.0 Å². The number of aliphatic hydroxyl groups excluding tert-OH is 2. The Morgan fingerprint density at radius 1 is 1.06 bits per heavy atom. The van der Waals surface area contributed by atoms with E-state index in [9.17, 15) is 10.2 Å². The standard InChI is InChI=1S/C26H35ClO5/c1-5-6-13-30-16-23(29)18-31-24-10-7-20(8-11-24)26(3,4)21-9-12-25(19(2)14-21)32-17-22(28)15-27/h7-12,14-15,23,28-29H,5-6,13,16-18H2,1-4H3/b22-15-/t23-/m0/s1. The zero-order valence-corrected chi connectivity index (χ0v) is 20.2. The van der Waals surface area contributed by atoms with Crippen molar-refractivity contribution < 1.29 is 24.4 Å². The summed E-state index contributed by atoms with van der Waals surface area (Å²) in [4.78, 5) is 0. The van der Waals surface area contributed by atoms with Crippen LogP contribution in [0.15, 0.2) is 53.8 Å². The highest BCUT2D eigenvalue weighted by Gasteiger charge is 2.24. The van der Waals surface area contributed by atoms with E-state index in [1.54, 1.807) is 0 Å². The second kappa shape index (κ2) is 12.7. The Kier molecular flexibility index (Phi) is 10.4. The SMILES string of the molecule is CCCCOC[C@H](O)COc1ccc(C(C)(C)c2ccc(OC/C(O)=C/Cl)c(C)c2)cc1. The van der Waals surface area contributed by atoms with Crippen LogP contribution in [0.5, 0.6) is 11.5 Å². The molecule has 0 aliphatic heterocycles. The normalized spacial score (nSPS) is 13.1. The predicted molar refractivity (Wildman–Crippen MR) is 129 cm³/mol. The van der Waals surface area contributed by atoms with Crippen LogP contribution in [-0.2, 0) is 10.2 Å². The molecule has 0 fully saturated rings. The van der Waals surface area contributed by atoms with Crippen LogP contribution in [0.1, 0.15) is 50.3 Å². The number of rotatable bonds is 13. The van der Waals surface area contributed by atoms with Gasteiger partial charge in [0.1, 0.15) is 36.6 Å². The number of aryl methyl sites for hydroxylation is 1. The molecule has 0 radical (unpaired) electrons. The number of aliphatic hydroxyl groups is 2. The number of ether oxygens (including phenoxy) is 3. The summed E-state index contributed by atoms with van der Waals surface area (Å²) in [6, 6.07) is 14.0. The first kappa shape index (κ1) is 26.0. The number of unbranched alkanes of at least 4 members (excludes halogenated alkanes) is 1. The number of benzene rings is 2. The van der Waals surface area contributed by atoms with E-state index in [2.05, 4.69) is 26.8 Å². The van der Waals surface area contributed by atoms with Crippen molar-refractivity contribution in [2.24, 2.45) is 0 Å². The topological polar surface area (TPSA) is 68.2 Å². The summed E-state index contributed by atoms with van der Waals surface area (Å²) >= 11 is 5.47. The van der Waals surface area contributed by atoms with Crippen LogP contribution in [0.3, 0.4) is 0 Å². The summed E-state index contributed by atoms with van der Waals surface area (Å²) in [6.45, 7) is 9.59. The van der Waals surface area contributed by atoms with Crippen LogP contribution in [0, 0.1) is 6.92 Å². The van der Waals surface area contributed by atoms with Crippen LogP contribution in [0.2, 0.25) is 0 Å². The van der Waals surface area contributed by atoms with Gasteiger partial charge in [-0.05, 0) is 48.2 Å². The molecule has 0 aliphatic rings. The quantitative estimate of drug-likeness (QED) is 0.287. The lowest BCUT2D eigenvalue weighted by molar-refractivity contribution is 0.0113. The lowest BCUT2D eigenvalue weighted by Crippen LogP contribution is -2.23. The summed E-state index contributed by atoms with van der Waals surface area (Å²) in [5.41, 5.74) is 4.14. The van der Waals surface area contributed by atoms with Crippen molar-refractivity contribution in [1.82, 2.24) is 0 Å². The third-order valence-corrected chi connectivity index (χ3v) is 5.62. The van der Waals surface area contributed by atoms with Crippen LogP contribution < -0.4 is 9.47 Å². The van der Waals surface area contributed by atoms with Crippen molar-refractivity contribution in [3.8, 4) is 11.5 Å². The maximum absolute atomic E-state index is 9.99. The Hall–Kier alpha value is -2.21. The van der Waals surface area contributed by atoms with E-state index >= 15 is 0 Å². The largest absolute Gasteiger partial charge is 0.508 e. The maximum Gasteiger partial charge on any atom is 0.146 e. The van der Waals surface area contributed by atoms with E-state index in [0.29, 0.717) is 18.1 Å². The van der Waals surface area contributed by atoms with Crippen molar-refractivity contribution in [1.29, 1.82) is 0 Å². The molecule has 0 saturated carbocycles. The number of hydrogen-bond donors (Lipinski definition) is 2. The molecule has 0 amide bonds. The summed E-state index contributed by atoms with van der Waals surface area (Å²) in [5, 5.41) is 19.5. The molecule has 0 aromatic heterocycles. The van der Waals surface area contributed by atoms with Gasteiger partial charge in [-0.2, -0.15) is 0 Å². The zero-order valence-electron chi connectivity index (χ0n) is 19.4. The number of hydrogen-bond acceptors (Lipinski definition) is 5. The highest BCUT2D eigenvalue weighted by atomic mass is 35.5. The first-order valence-corrected chi connectivity index (χ1v) is 11.4. The zero-order chi connectivity index (χ0) is 23.6. The van der Waals surface area contributed by atoms with E-state index in [0.717, 1.165) is 35.1 Å². The molecule has 6 heteroatoms. The maximum atomic E-state index is 9.99. The molecule has 0 unspecified atom stereocenters. The Morgan fingerprint density at radius 3 is 2.38 bits per heavy atom. The van der Waals surface area contributed by atoms with Crippen molar-refractivity contribution >= 4 is 11.6 Å². The van der Waals surface area contributed by atoms with E-state index < -0.39 is 6.10 Å². The Labute approximate surface area is 196 Å². The first-order chi connectivity index (χ1) is 15.3. The fourth-order valence-corrected chi connectivity index (χ4v) is 3.29. The Bertz CT molecular complexity index is 861. The molecule has 0 bridgehead atoms. The van der Waals surface area contributed by atoms with Gasteiger partial charge in [0.2, 0.25) is 0 Å². The molecular weight excluding hydrogens is 428 g/mol. The molecule has 2 aromatic carbocycles. The molecule has 176 valence electrons. The van der Waals surface area contributed by atoms with Gasteiger partial charge in [-0.15, -0.1) is 0 Å². The van der Waals surface area contributed by atoms with Crippen molar-refractivity contribution in [3.63, 3.8) is 0 Å². The lowest BCUT2D eigenvalue weighted by atomic mass is 9.77. The van der Waals surface area contributed by atoms with Gasteiger partial charge >= 0.3 is 0 Å². The predicted octanol–water partition coefficient (Wildman–Crippen LogP) is 5.89. The van der Waals surface area contributed by atoms with Gasteiger partial charge in [0.25, 0.3) is 0 Å². The van der Waals surface area contributed by atoms with Gasteiger partial charge in [-0.3, -0.25) is 0 Å². The van der Waals surface area contributed by atoms with Gasteiger partial charge < -0.3 is 24.4 Å². The summed E-state index contributed by atoms with van der Waals surface area (Å²) in [7, 11) is 0. The van der Waals surface area contributed by atoms with E-state index in [4.69, 9.17) is 25.8 Å². The van der Waals surface area contributed by atoms with Crippen molar-refractivity contribution in [3.05, 3.63) is 70.4 Å². The van der Waals surface area contributed by atoms with Gasteiger partial charge in [0, 0.05) is 17.6 Å². The van der Waals surface area contributed by atoms with Crippen molar-refractivity contribution in [2.75, 3.05) is 26.4 Å². The minimum absolute atomic E-state index is 0.0191. The van der Waals surface area contributed by atoms with Crippen molar-refractivity contribution in [2.45, 2.75) is 52.1 Å². The van der Waals surface area contributed by atoms with E-state index in [1.165, 1.54) is 0 Å². The molecule has 5 nitrogen and oxygen atoms in total. The third-order valence-electron chi connectivity index (χ3n) is 5.37. The molecular formula is C26H35ClO5. The molecule has 0 saturated heterocycles. The third kappa shape index (κ3) is 7.73. The van der Waals surface area contributed by atoms with Gasteiger partial charge in [0.05, 0.1) is 6.61 Å². The molecule has 2 N–H and O–H groups in total. The fourth-order valence-electron chi connectivity index (χ4n) is 3.22. The van der Waals surface area contributed by atoms with Crippen LogP contribution in [-0.4, -0.2) is 42.7 Å². The average Bonchev–Trinajstić information content (AvgIpc) is 2.79. The summed E-state index contributed by atoms with van der Waals surface area (Å²) in [6.07, 6.45) is 1.42. The second-order valence-corrected chi connectivity index (χ2v) is 8.63. The second-order valence-electron chi connectivity index (χ2n) is 8.41. The Morgan fingerprint density at radius 2 is 1.75 bits per heavy atom. The van der Waals surface area contributed by atoms with Crippen LogP contribution in [0.25, 0.3) is 0 Å². The lowest BCUT2D eigenvalue weighted by Gasteiger charge is -2.27. The smallest absolute Gasteiger partial charge is 0.146 e. The fraction of sp³-hybridized carbons (Fsp3) is 0.462. The van der Waals surface area contributed by atoms with Crippen LogP contribution in [0.4, 0.5) is 0 Å². The summed E-state index contributed by atoms with van der Waals surface area (Å²) < 4.78 is 16.7.